The molecule has 80 valence electrons. The van der Waals surface area contributed by atoms with Crippen molar-refractivity contribution in [1.29, 1.82) is 0 Å². The van der Waals surface area contributed by atoms with Crippen molar-refractivity contribution in [2.24, 2.45) is 0 Å². The maximum Gasteiger partial charge on any atom is 0.0532 e. The molecule has 0 saturated carbocycles. The van der Waals surface area contributed by atoms with E-state index >= 15 is 0 Å². The van der Waals surface area contributed by atoms with Gasteiger partial charge in [0.25, 0.3) is 0 Å². The maximum atomic E-state index is 3.90. The van der Waals surface area contributed by atoms with E-state index in [1.165, 1.54) is 11.1 Å². The summed E-state index contributed by atoms with van der Waals surface area (Å²) in [6.07, 6.45) is 8.02. The Morgan fingerprint density at radius 2 is 2.27 bits per heavy atom. The number of aryl methyl sites for hydroxylation is 1. The lowest BCUT2D eigenvalue weighted by molar-refractivity contribution is 0.688. The second-order valence-electron chi connectivity index (χ2n) is 3.56. The number of aromatic nitrogens is 3. The zero-order valence-corrected chi connectivity index (χ0v) is 8.90. The smallest absolute Gasteiger partial charge is 0.0532 e. The predicted octanol–water partition coefficient (Wildman–Crippen LogP) is 1.52. The summed E-state index contributed by atoms with van der Waals surface area (Å²) in [6.45, 7) is 4.93. The minimum absolute atomic E-state index is 0.855. The molecule has 0 unspecified atom stereocenters. The van der Waals surface area contributed by atoms with E-state index in [0.717, 1.165) is 19.6 Å². The Labute approximate surface area is 89.3 Å². The molecule has 4 nitrogen and oxygen atoms in total. The van der Waals surface area contributed by atoms with Gasteiger partial charge in [-0.3, -0.25) is 5.10 Å². The molecular formula is C11H16N4. The third-order valence-corrected chi connectivity index (χ3v) is 2.39. The average Bonchev–Trinajstić information content (AvgIpc) is 2.88. The summed E-state index contributed by atoms with van der Waals surface area (Å²) in [5.41, 5.74) is 2.50. The number of rotatable bonds is 5. The van der Waals surface area contributed by atoms with Gasteiger partial charge in [-0.1, -0.05) is 0 Å². The van der Waals surface area contributed by atoms with Crippen molar-refractivity contribution in [2.75, 3.05) is 0 Å². The maximum absolute atomic E-state index is 3.90. The molecule has 0 amide bonds. The van der Waals surface area contributed by atoms with E-state index in [4.69, 9.17) is 0 Å². The van der Waals surface area contributed by atoms with Crippen LogP contribution in [0.2, 0.25) is 0 Å². The van der Waals surface area contributed by atoms with Crippen LogP contribution in [0.1, 0.15) is 18.1 Å². The highest BCUT2D eigenvalue weighted by Crippen LogP contribution is 2.01. The molecule has 0 atom stereocenters. The molecule has 2 heterocycles. The zero-order chi connectivity index (χ0) is 10.5. The van der Waals surface area contributed by atoms with Gasteiger partial charge >= 0.3 is 0 Å². The van der Waals surface area contributed by atoms with Crippen LogP contribution >= 0.6 is 0 Å². The summed E-state index contributed by atoms with van der Waals surface area (Å²) >= 11 is 0. The van der Waals surface area contributed by atoms with E-state index in [0.29, 0.717) is 0 Å². The number of hydrogen-bond donors (Lipinski definition) is 2. The Morgan fingerprint density at radius 1 is 1.40 bits per heavy atom. The molecule has 0 aliphatic carbocycles. The quantitative estimate of drug-likeness (QED) is 0.775. The van der Waals surface area contributed by atoms with Gasteiger partial charge < -0.3 is 9.88 Å². The van der Waals surface area contributed by atoms with Crippen molar-refractivity contribution in [2.45, 2.75) is 26.6 Å². The van der Waals surface area contributed by atoms with Gasteiger partial charge in [0, 0.05) is 43.8 Å². The van der Waals surface area contributed by atoms with Crippen molar-refractivity contribution in [3.63, 3.8) is 0 Å². The minimum atomic E-state index is 0.855. The topological polar surface area (TPSA) is 45.6 Å². The number of hydrogen-bond acceptors (Lipinski definition) is 2. The van der Waals surface area contributed by atoms with E-state index in [2.05, 4.69) is 45.5 Å². The van der Waals surface area contributed by atoms with Gasteiger partial charge in [-0.15, -0.1) is 0 Å². The van der Waals surface area contributed by atoms with Gasteiger partial charge in [0.2, 0.25) is 0 Å². The highest BCUT2D eigenvalue weighted by atomic mass is 15.1. The van der Waals surface area contributed by atoms with E-state index in [9.17, 15) is 0 Å². The van der Waals surface area contributed by atoms with Gasteiger partial charge in [0.15, 0.2) is 0 Å². The molecule has 0 aliphatic heterocycles. The van der Waals surface area contributed by atoms with Crippen molar-refractivity contribution in [3.05, 3.63) is 42.0 Å². The highest BCUT2D eigenvalue weighted by Gasteiger charge is 1.96. The van der Waals surface area contributed by atoms with Gasteiger partial charge in [0.1, 0.15) is 0 Å². The Balaban J connectivity index is 1.78. The summed E-state index contributed by atoms with van der Waals surface area (Å²) in [7, 11) is 0. The third-order valence-electron chi connectivity index (χ3n) is 2.39. The summed E-state index contributed by atoms with van der Waals surface area (Å²) in [4.78, 5) is 0. The Morgan fingerprint density at radius 3 is 2.93 bits per heavy atom. The van der Waals surface area contributed by atoms with Crippen LogP contribution in [-0.4, -0.2) is 14.8 Å². The molecule has 0 radical (unpaired) electrons. The fourth-order valence-electron chi connectivity index (χ4n) is 1.52. The zero-order valence-electron chi connectivity index (χ0n) is 8.90. The lowest BCUT2D eigenvalue weighted by Gasteiger charge is -2.00. The van der Waals surface area contributed by atoms with Gasteiger partial charge in [-0.05, 0) is 18.6 Å². The van der Waals surface area contributed by atoms with E-state index in [-0.39, 0.29) is 0 Å². The van der Waals surface area contributed by atoms with Crippen molar-refractivity contribution in [1.82, 2.24) is 20.1 Å². The third kappa shape index (κ3) is 2.70. The van der Waals surface area contributed by atoms with Crippen LogP contribution in [-0.2, 0) is 19.6 Å². The van der Waals surface area contributed by atoms with Crippen LogP contribution in [0.15, 0.2) is 30.9 Å². The molecule has 2 aromatic rings. The molecule has 0 aromatic carbocycles. The fraction of sp³-hybridized carbons (Fsp3) is 0.364. The first-order valence-corrected chi connectivity index (χ1v) is 5.21. The first kappa shape index (κ1) is 9.98. The van der Waals surface area contributed by atoms with Crippen LogP contribution in [0.5, 0.6) is 0 Å². The lowest BCUT2D eigenvalue weighted by atomic mass is 10.3. The van der Waals surface area contributed by atoms with Crippen LogP contribution in [0.4, 0.5) is 0 Å². The molecule has 0 saturated heterocycles. The SMILES string of the molecule is CCn1ccc(CNCc2cn[nH]c2)c1. The summed E-state index contributed by atoms with van der Waals surface area (Å²) in [5, 5.41) is 10.1. The van der Waals surface area contributed by atoms with Crippen molar-refractivity contribution < 1.29 is 0 Å². The van der Waals surface area contributed by atoms with Gasteiger partial charge in [-0.25, -0.2) is 0 Å². The average molecular weight is 204 g/mol. The number of nitrogens with one attached hydrogen (secondary N) is 2. The summed E-state index contributed by atoms with van der Waals surface area (Å²) in [5.74, 6) is 0. The first-order valence-electron chi connectivity index (χ1n) is 5.21. The largest absolute Gasteiger partial charge is 0.354 e. The van der Waals surface area contributed by atoms with Gasteiger partial charge in [-0.2, -0.15) is 5.10 Å². The second kappa shape index (κ2) is 4.79. The number of H-pyrrole nitrogens is 1. The summed E-state index contributed by atoms with van der Waals surface area (Å²) in [6, 6.07) is 2.14. The summed E-state index contributed by atoms with van der Waals surface area (Å²) < 4.78 is 2.18. The molecule has 0 bridgehead atoms. The molecule has 0 aliphatic rings. The molecule has 0 spiro atoms. The van der Waals surface area contributed by atoms with Crippen LogP contribution < -0.4 is 5.32 Å². The molecule has 2 N–H and O–H groups in total. The second-order valence-corrected chi connectivity index (χ2v) is 3.56. The van der Waals surface area contributed by atoms with Gasteiger partial charge in [0.05, 0.1) is 6.20 Å². The fourth-order valence-corrected chi connectivity index (χ4v) is 1.52. The highest BCUT2D eigenvalue weighted by molar-refractivity contribution is 5.10. The predicted molar refractivity (Wildman–Crippen MR) is 59.2 cm³/mol. The molecule has 0 fully saturated rings. The molecule has 4 heteroatoms. The number of nitrogens with zero attached hydrogens (tertiary/aromatic N) is 2. The van der Waals surface area contributed by atoms with Crippen molar-refractivity contribution in [3.8, 4) is 0 Å². The molecule has 2 rings (SSSR count). The van der Waals surface area contributed by atoms with E-state index in [1.54, 1.807) is 0 Å². The Kier molecular flexibility index (Phi) is 3.19. The molecule has 2 aromatic heterocycles. The van der Waals surface area contributed by atoms with Crippen LogP contribution in [0.3, 0.4) is 0 Å². The monoisotopic (exact) mass is 204 g/mol. The normalized spacial score (nSPS) is 10.7. The standard InChI is InChI=1S/C11H16N4/c1-2-15-4-3-10(9-15)5-12-6-11-7-13-14-8-11/h3-4,7-9,12H,2,5-6H2,1H3,(H,13,14). The number of aromatic amines is 1. The van der Waals surface area contributed by atoms with E-state index < -0.39 is 0 Å². The van der Waals surface area contributed by atoms with E-state index in [1.807, 2.05) is 12.4 Å². The molecule has 15 heavy (non-hydrogen) atoms. The first-order chi connectivity index (χ1) is 7.38. The van der Waals surface area contributed by atoms with Crippen molar-refractivity contribution >= 4 is 0 Å². The Hall–Kier alpha value is -1.55. The minimum Gasteiger partial charge on any atom is -0.354 e. The Bertz CT molecular complexity index is 388. The van der Waals surface area contributed by atoms with Crippen LogP contribution in [0.25, 0.3) is 0 Å². The molecular weight excluding hydrogens is 188 g/mol. The van der Waals surface area contributed by atoms with Crippen LogP contribution in [0, 0.1) is 0 Å². The lowest BCUT2D eigenvalue weighted by Crippen LogP contribution is -2.11.